The Morgan fingerprint density at radius 2 is 0.444 bits per heavy atom. The van der Waals surface area contributed by atoms with Crippen molar-refractivity contribution in [3.8, 4) is 0 Å². The second-order valence-corrected chi connectivity index (χ2v) is 7.93. The molecule has 0 radical (unpaired) electrons. The molecule has 0 nitrogen and oxygen atoms in total. The molecule has 0 aliphatic heterocycles. The van der Waals surface area contributed by atoms with Gasteiger partial charge in [-0.25, -0.2) is 0 Å². The van der Waals surface area contributed by atoms with Gasteiger partial charge in [-0.3, -0.25) is 0 Å². The number of hydrogen-bond acceptors (Lipinski definition) is 0. The van der Waals surface area contributed by atoms with Crippen LogP contribution in [0.5, 0.6) is 0 Å². The van der Waals surface area contributed by atoms with Gasteiger partial charge in [-0.15, -0.1) is 0 Å². The van der Waals surface area contributed by atoms with E-state index in [1.807, 2.05) is 0 Å². The fourth-order valence-electron chi connectivity index (χ4n) is 0. The SMILES string of the molecule is [F][Yb]([F])([F])([F])([F])([F])([F])[F]. The summed E-state index contributed by atoms with van der Waals surface area (Å²) >= 11 is -15.0. The molecule has 0 bridgehead atoms. The van der Waals surface area contributed by atoms with E-state index in [4.69, 9.17) is 0 Å². The zero-order chi connectivity index (χ0) is 8.35. The molecule has 0 atom stereocenters. The third-order valence-electron chi connectivity index (χ3n) is 0. The van der Waals surface area contributed by atoms with Crippen LogP contribution >= 0.6 is 0 Å². The summed E-state index contributed by atoms with van der Waals surface area (Å²) in [6.45, 7) is 0. The van der Waals surface area contributed by atoms with E-state index in [2.05, 4.69) is 0 Å². The predicted octanol–water partition coefficient (Wildman–Crippen LogP) is 3.36. The average molecular weight is 325 g/mol. The Hall–Kier alpha value is 0.959. The first-order valence-corrected chi connectivity index (χ1v) is 5.99. The summed E-state index contributed by atoms with van der Waals surface area (Å²) in [6.07, 6.45) is 0. The van der Waals surface area contributed by atoms with Gasteiger partial charge in [0.05, 0.1) is 0 Å². The van der Waals surface area contributed by atoms with Crippen molar-refractivity contribution in [1.82, 2.24) is 0 Å². The molecule has 0 aromatic rings. The maximum absolute atomic E-state index is 15.0. The number of hydrogen-bond donors (Lipinski definition) is 0. The molecule has 0 aromatic carbocycles. The van der Waals surface area contributed by atoms with E-state index in [-0.39, 0.29) is 0 Å². The van der Waals surface area contributed by atoms with Gasteiger partial charge < -0.3 is 0 Å². The molecule has 0 aliphatic carbocycles. The predicted molar refractivity (Wildman–Crippen MR) is 8.86 cm³/mol. The molecule has 0 amide bonds. The molecule has 0 unspecified atom stereocenters. The summed E-state index contributed by atoms with van der Waals surface area (Å²) in [5.74, 6) is 0. The van der Waals surface area contributed by atoms with Gasteiger partial charge in [0.25, 0.3) is 0 Å². The molecule has 0 heterocycles. The van der Waals surface area contributed by atoms with E-state index in [0.717, 1.165) is 0 Å². The second-order valence-electron chi connectivity index (χ2n) is 1.07. The van der Waals surface area contributed by atoms with Gasteiger partial charge in [0.15, 0.2) is 0 Å². The van der Waals surface area contributed by atoms with Gasteiger partial charge in [-0.1, -0.05) is 0 Å². The Balaban J connectivity index is 5.84. The van der Waals surface area contributed by atoms with Crippen LogP contribution in [0.3, 0.4) is 0 Å². The normalized spacial score (nSPS) is 31.1. The molecule has 0 aromatic heterocycles. The monoisotopic (exact) mass is 326 g/mol. The summed E-state index contributed by atoms with van der Waals surface area (Å²) in [4.78, 5) is 0. The summed E-state index contributed by atoms with van der Waals surface area (Å²) in [6, 6.07) is 0. The fraction of sp³-hybridized carbons (Fsp3) is 0. The van der Waals surface area contributed by atoms with Crippen molar-refractivity contribution in [2.75, 3.05) is 0 Å². The summed E-state index contributed by atoms with van der Waals surface area (Å²) in [7, 11) is 0. The van der Waals surface area contributed by atoms with Gasteiger partial charge in [-0.05, 0) is 0 Å². The molecule has 0 fully saturated rings. The zero-order valence-electron chi connectivity index (χ0n) is 3.29. The molecular formula is F8Yb. The van der Waals surface area contributed by atoms with E-state index in [1.54, 1.807) is 0 Å². The molecule has 0 spiro atoms. The topological polar surface area (TPSA) is 0 Å². The van der Waals surface area contributed by atoms with Crippen molar-refractivity contribution in [2.45, 2.75) is 0 Å². The van der Waals surface area contributed by atoms with Crippen LogP contribution in [0.1, 0.15) is 0 Å². The van der Waals surface area contributed by atoms with E-state index >= 15 is 0 Å². The van der Waals surface area contributed by atoms with Crippen molar-refractivity contribution in [3.63, 3.8) is 0 Å². The van der Waals surface area contributed by atoms with Crippen LogP contribution in [0.4, 0.5) is 2.50 Å². The van der Waals surface area contributed by atoms with Crippen molar-refractivity contribution in [2.24, 2.45) is 0 Å². The Labute approximate surface area is 37.7 Å². The fourth-order valence-corrected chi connectivity index (χ4v) is 0. The summed E-state index contributed by atoms with van der Waals surface area (Å²) < 4.78 is 79.4. The number of rotatable bonds is 0. The first kappa shape index (κ1) is 9.96. The quantitative estimate of drug-likeness (QED) is 0.599. The third kappa shape index (κ3) is 471. The Kier molecular flexibility index (Phi) is 0.749. The Morgan fingerprint density at radius 3 is 0.444 bits per heavy atom. The molecule has 0 saturated heterocycles. The molecule has 9 heavy (non-hydrogen) atoms. The Bertz CT molecular complexity index is 139. The second kappa shape index (κ2) is 0.677. The summed E-state index contributed by atoms with van der Waals surface area (Å²) in [5.41, 5.74) is 0. The van der Waals surface area contributed by atoms with Crippen LogP contribution in [0.2, 0.25) is 0 Å². The van der Waals surface area contributed by atoms with Crippen LogP contribution in [0, 0.1) is 35.9 Å². The molecular weight excluding hydrogens is 325 g/mol. The minimum atomic E-state index is -15.0. The van der Waals surface area contributed by atoms with E-state index in [9.17, 15) is 2.50 Å². The molecule has 9 heteroatoms. The van der Waals surface area contributed by atoms with Crippen molar-refractivity contribution in [3.05, 3.63) is 0 Å². The van der Waals surface area contributed by atoms with Crippen molar-refractivity contribution in [1.29, 1.82) is 0 Å². The molecule has 0 N–H and O–H groups in total. The maximum atomic E-state index is 9.92. The standard InChI is InChI=1S/8FH.Yb/h8*1H;/q;;;;;;;;+8/p-8. The number of halogens is 8. The molecule has 0 aliphatic rings. The van der Waals surface area contributed by atoms with Crippen molar-refractivity contribution >= 4 is 0 Å². The van der Waals surface area contributed by atoms with Gasteiger partial charge in [-0.2, -0.15) is 0 Å². The molecule has 0 rings (SSSR count). The summed E-state index contributed by atoms with van der Waals surface area (Å²) in [5, 5.41) is 0. The van der Waals surface area contributed by atoms with Crippen LogP contribution in [-0.4, -0.2) is 0 Å². The molecule has 0 saturated carbocycles. The van der Waals surface area contributed by atoms with Crippen LogP contribution in [0.25, 0.3) is 0 Å². The van der Waals surface area contributed by atoms with Crippen LogP contribution in [-0.2, 0) is 0 Å². The first-order valence-electron chi connectivity index (χ1n) is 0.808. The average Bonchev–Trinajstić information content (AvgIpc) is 0.503. The van der Waals surface area contributed by atoms with Gasteiger partial charge in [0.2, 0.25) is 0 Å². The van der Waals surface area contributed by atoms with Gasteiger partial charge >= 0.3 is 38.4 Å². The minimum absolute atomic E-state index is 9.92. The van der Waals surface area contributed by atoms with Gasteiger partial charge in [0, 0.05) is 0 Å². The molecule has 70 valence electrons. The first-order chi connectivity index (χ1) is 2.83. The van der Waals surface area contributed by atoms with E-state index in [1.165, 1.54) is 0 Å². The van der Waals surface area contributed by atoms with Crippen LogP contribution < -0.4 is 0 Å². The zero-order valence-corrected chi connectivity index (χ0v) is 5.01. The van der Waals surface area contributed by atoms with Crippen LogP contribution in [0.15, 0.2) is 0 Å². The third-order valence-corrected chi connectivity index (χ3v) is 0. The Morgan fingerprint density at radius 1 is 0.444 bits per heavy atom. The van der Waals surface area contributed by atoms with E-state index in [0.29, 0.717) is 0 Å². The van der Waals surface area contributed by atoms with Gasteiger partial charge in [0.1, 0.15) is 0 Å². The van der Waals surface area contributed by atoms with E-state index < -0.39 is 35.9 Å². The van der Waals surface area contributed by atoms with Crippen molar-refractivity contribution < 1.29 is 38.4 Å².